The molecule has 0 spiro atoms. The zero-order chi connectivity index (χ0) is 20.3. The highest BCUT2D eigenvalue weighted by atomic mass is 31.2. The van der Waals surface area contributed by atoms with Crippen LogP contribution in [0.1, 0.15) is 27.2 Å². The predicted molar refractivity (Wildman–Crippen MR) is 126 cm³/mol. The van der Waals surface area contributed by atoms with E-state index in [9.17, 15) is 0 Å². The summed E-state index contributed by atoms with van der Waals surface area (Å²) in [5, 5.41) is 7.63. The lowest BCUT2D eigenvalue weighted by Gasteiger charge is -2.38. The first-order valence-electron chi connectivity index (χ1n) is 10.2. The minimum absolute atomic E-state index is 0.00320. The molecule has 148 valence electrons. The van der Waals surface area contributed by atoms with E-state index in [0.29, 0.717) is 0 Å². The predicted octanol–water partition coefficient (Wildman–Crippen LogP) is 4.96. The van der Waals surface area contributed by atoms with Crippen LogP contribution in [-0.4, -0.2) is 11.6 Å². The Kier molecular flexibility index (Phi) is 5.48. The molecule has 1 heterocycles. The van der Waals surface area contributed by atoms with Crippen molar-refractivity contribution in [2.24, 2.45) is 0 Å². The van der Waals surface area contributed by atoms with Crippen LogP contribution in [-0.2, 0) is 4.74 Å². The third-order valence-corrected chi connectivity index (χ3v) is 9.35. The SMILES string of the molecule is CC1CC(C)(C)N/C(=C/[P+](c2ccccc2)(c2ccccc2)c2ccccc2)O1. The lowest BCUT2D eigenvalue weighted by atomic mass is 9.96. The van der Waals surface area contributed by atoms with Gasteiger partial charge < -0.3 is 10.1 Å². The molecule has 3 heteroatoms. The standard InChI is InChI=1S/C26H29NOP/c1-21-19-26(2,3)27-25(28-21)20-29(22-13-7-4-8-14-22,23-15-9-5-10-16-23)24-17-11-6-12-18-24/h4-18,20-21,27H,19H2,1-3H3/q+1/b25-20-. The van der Waals surface area contributed by atoms with Crippen LogP contribution in [0.25, 0.3) is 0 Å². The van der Waals surface area contributed by atoms with Gasteiger partial charge in [-0.1, -0.05) is 54.6 Å². The molecule has 0 bridgehead atoms. The highest BCUT2D eigenvalue weighted by Gasteiger charge is 2.46. The van der Waals surface area contributed by atoms with Gasteiger partial charge in [-0.05, 0) is 57.2 Å². The molecule has 1 fully saturated rings. The van der Waals surface area contributed by atoms with Crippen molar-refractivity contribution in [3.63, 3.8) is 0 Å². The van der Waals surface area contributed by atoms with Gasteiger partial charge in [-0.3, -0.25) is 0 Å². The van der Waals surface area contributed by atoms with Crippen molar-refractivity contribution in [3.05, 3.63) is 103 Å². The van der Waals surface area contributed by atoms with Gasteiger partial charge in [0, 0.05) is 12.0 Å². The number of hydrogen-bond acceptors (Lipinski definition) is 2. The Balaban J connectivity index is 1.99. The molecule has 1 aliphatic heterocycles. The molecular weight excluding hydrogens is 373 g/mol. The van der Waals surface area contributed by atoms with Crippen LogP contribution in [0.4, 0.5) is 0 Å². The van der Waals surface area contributed by atoms with E-state index in [4.69, 9.17) is 4.74 Å². The Bertz CT molecular complexity index is 871. The number of hydrogen-bond donors (Lipinski definition) is 1. The molecule has 29 heavy (non-hydrogen) atoms. The fraction of sp³-hybridized carbons (Fsp3) is 0.231. The van der Waals surface area contributed by atoms with E-state index < -0.39 is 7.26 Å². The van der Waals surface area contributed by atoms with Gasteiger partial charge in [0.2, 0.25) is 5.88 Å². The quantitative estimate of drug-likeness (QED) is 0.623. The minimum atomic E-state index is -2.05. The molecule has 1 saturated heterocycles. The van der Waals surface area contributed by atoms with Gasteiger partial charge in [0.1, 0.15) is 29.0 Å². The molecule has 0 radical (unpaired) electrons. The number of nitrogens with one attached hydrogen (secondary N) is 1. The maximum absolute atomic E-state index is 6.32. The maximum Gasteiger partial charge on any atom is 0.224 e. The van der Waals surface area contributed by atoms with Crippen molar-refractivity contribution in [1.29, 1.82) is 0 Å². The van der Waals surface area contributed by atoms with Crippen LogP contribution in [0.15, 0.2) is 103 Å². The van der Waals surface area contributed by atoms with Crippen LogP contribution in [0.5, 0.6) is 0 Å². The van der Waals surface area contributed by atoms with Gasteiger partial charge in [0.05, 0.1) is 6.10 Å². The van der Waals surface area contributed by atoms with Crippen molar-refractivity contribution < 1.29 is 4.74 Å². The van der Waals surface area contributed by atoms with Gasteiger partial charge in [-0.25, -0.2) is 0 Å². The molecule has 2 nitrogen and oxygen atoms in total. The summed E-state index contributed by atoms with van der Waals surface area (Å²) in [5.74, 6) is 3.27. The van der Waals surface area contributed by atoms with Crippen molar-refractivity contribution in [3.8, 4) is 0 Å². The van der Waals surface area contributed by atoms with E-state index in [0.717, 1.165) is 12.3 Å². The van der Waals surface area contributed by atoms with Crippen molar-refractivity contribution in [2.45, 2.75) is 38.8 Å². The number of rotatable bonds is 4. The Morgan fingerprint density at radius 1 is 0.793 bits per heavy atom. The Hall–Kier alpha value is -2.57. The highest BCUT2D eigenvalue weighted by Crippen LogP contribution is 2.57. The zero-order valence-corrected chi connectivity index (χ0v) is 18.3. The summed E-state index contributed by atoms with van der Waals surface area (Å²) in [5.41, 5.74) is 0.00320. The second-order valence-electron chi connectivity index (χ2n) is 8.36. The first-order chi connectivity index (χ1) is 14.0. The Morgan fingerprint density at radius 2 is 1.21 bits per heavy atom. The van der Waals surface area contributed by atoms with Gasteiger partial charge in [0.25, 0.3) is 0 Å². The van der Waals surface area contributed by atoms with E-state index >= 15 is 0 Å². The number of ether oxygens (including phenoxy) is 1. The van der Waals surface area contributed by atoms with Crippen LogP contribution in [0.2, 0.25) is 0 Å². The van der Waals surface area contributed by atoms with E-state index in [1.807, 2.05) is 0 Å². The van der Waals surface area contributed by atoms with Gasteiger partial charge in [-0.15, -0.1) is 0 Å². The summed E-state index contributed by atoms with van der Waals surface area (Å²) in [4.78, 5) is 0. The van der Waals surface area contributed by atoms with E-state index in [-0.39, 0.29) is 11.6 Å². The van der Waals surface area contributed by atoms with Crippen LogP contribution < -0.4 is 21.2 Å². The van der Waals surface area contributed by atoms with Crippen LogP contribution >= 0.6 is 7.26 Å². The average molecular weight is 402 g/mol. The monoisotopic (exact) mass is 402 g/mol. The first kappa shape index (κ1) is 19.7. The van der Waals surface area contributed by atoms with E-state index in [1.165, 1.54) is 15.9 Å². The molecule has 0 aliphatic carbocycles. The Morgan fingerprint density at radius 3 is 1.59 bits per heavy atom. The highest BCUT2D eigenvalue weighted by molar-refractivity contribution is 7.98. The molecule has 1 unspecified atom stereocenters. The fourth-order valence-corrected chi connectivity index (χ4v) is 8.04. The summed E-state index contributed by atoms with van der Waals surface area (Å²) in [6.07, 6.45) is 1.17. The summed E-state index contributed by atoms with van der Waals surface area (Å²) < 4.78 is 6.32. The average Bonchev–Trinajstić information content (AvgIpc) is 2.72. The molecule has 0 saturated carbocycles. The Labute approximate surface area is 175 Å². The number of benzene rings is 3. The summed E-state index contributed by atoms with van der Waals surface area (Å²) in [7, 11) is -2.05. The van der Waals surface area contributed by atoms with Crippen molar-refractivity contribution >= 4 is 23.2 Å². The normalized spacial score (nSPS) is 20.0. The molecular formula is C26H29NOP+. The van der Waals surface area contributed by atoms with E-state index in [2.05, 4.69) is 123 Å². The van der Waals surface area contributed by atoms with Crippen molar-refractivity contribution in [2.75, 3.05) is 0 Å². The van der Waals surface area contributed by atoms with Gasteiger partial charge >= 0.3 is 0 Å². The summed E-state index contributed by atoms with van der Waals surface area (Å²) >= 11 is 0. The van der Waals surface area contributed by atoms with Crippen molar-refractivity contribution in [1.82, 2.24) is 5.32 Å². The third kappa shape index (κ3) is 4.09. The maximum atomic E-state index is 6.32. The van der Waals surface area contributed by atoms with Crippen LogP contribution in [0.3, 0.4) is 0 Å². The topological polar surface area (TPSA) is 21.3 Å². The molecule has 1 atom stereocenters. The zero-order valence-electron chi connectivity index (χ0n) is 17.4. The lowest BCUT2D eigenvalue weighted by Crippen LogP contribution is -2.47. The molecule has 1 aliphatic rings. The lowest BCUT2D eigenvalue weighted by molar-refractivity contribution is 0.0370. The largest absolute Gasteiger partial charge is 0.474 e. The molecule has 4 rings (SSSR count). The molecule has 3 aromatic rings. The molecule has 1 N–H and O–H groups in total. The van der Waals surface area contributed by atoms with Gasteiger partial charge in [-0.2, -0.15) is 0 Å². The van der Waals surface area contributed by atoms with E-state index in [1.54, 1.807) is 0 Å². The summed E-state index contributed by atoms with van der Waals surface area (Å²) in [6.45, 7) is 6.64. The summed E-state index contributed by atoms with van der Waals surface area (Å²) in [6, 6.07) is 32.6. The molecule has 3 aromatic carbocycles. The minimum Gasteiger partial charge on any atom is -0.474 e. The smallest absolute Gasteiger partial charge is 0.224 e. The molecule has 0 aromatic heterocycles. The fourth-order valence-electron chi connectivity index (χ4n) is 4.29. The second-order valence-corrected chi connectivity index (χ2v) is 11.6. The van der Waals surface area contributed by atoms with Crippen LogP contribution in [0, 0.1) is 0 Å². The second kappa shape index (κ2) is 8.05. The molecule has 0 amide bonds. The third-order valence-electron chi connectivity index (χ3n) is 5.39. The first-order valence-corrected chi connectivity index (χ1v) is 12.1. The van der Waals surface area contributed by atoms with Gasteiger partial charge in [0.15, 0.2) is 0 Å².